The molecule has 0 saturated carbocycles. The van der Waals surface area contributed by atoms with Gasteiger partial charge in [-0.15, -0.1) is 0 Å². The minimum absolute atomic E-state index is 0.0549. The summed E-state index contributed by atoms with van der Waals surface area (Å²) in [5.41, 5.74) is 2.95. The summed E-state index contributed by atoms with van der Waals surface area (Å²) >= 11 is 6.12. The predicted octanol–water partition coefficient (Wildman–Crippen LogP) is 4.60. The Balaban J connectivity index is 1.65. The van der Waals surface area contributed by atoms with Crippen LogP contribution in [-0.4, -0.2) is 30.9 Å². The second kappa shape index (κ2) is 7.71. The first kappa shape index (κ1) is 16.8. The molecule has 1 saturated heterocycles. The van der Waals surface area contributed by atoms with Crippen LogP contribution in [-0.2, 0) is 6.54 Å². The van der Waals surface area contributed by atoms with Crippen molar-refractivity contribution in [1.82, 2.24) is 4.90 Å². The molecule has 0 atom stereocenters. The molecule has 126 valence electrons. The molecule has 0 aromatic heterocycles. The number of benzene rings is 2. The molecular formula is C20H23ClN2O. The third kappa shape index (κ3) is 3.90. The van der Waals surface area contributed by atoms with Gasteiger partial charge in [0.25, 0.3) is 5.91 Å². The van der Waals surface area contributed by atoms with Gasteiger partial charge in [-0.1, -0.05) is 35.9 Å². The van der Waals surface area contributed by atoms with E-state index in [4.69, 9.17) is 11.6 Å². The Morgan fingerprint density at radius 1 is 1.04 bits per heavy atom. The van der Waals surface area contributed by atoms with E-state index in [-0.39, 0.29) is 5.91 Å². The molecule has 1 aliphatic heterocycles. The lowest BCUT2D eigenvalue weighted by Gasteiger charge is -2.29. The lowest BCUT2D eigenvalue weighted by Crippen LogP contribution is -2.29. The number of hydrogen-bond acceptors (Lipinski definition) is 2. The number of nitrogens with zero attached hydrogens (tertiary/aromatic N) is 2. The number of amides is 1. The number of carbonyl (C=O) groups excluding carboxylic acids is 1. The Morgan fingerprint density at radius 3 is 2.38 bits per heavy atom. The molecule has 0 radical (unpaired) electrons. The van der Waals surface area contributed by atoms with E-state index in [9.17, 15) is 4.79 Å². The number of rotatable bonds is 4. The van der Waals surface area contributed by atoms with E-state index >= 15 is 0 Å². The van der Waals surface area contributed by atoms with Gasteiger partial charge in [0.2, 0.25) is 0 Å². The van der Waals surface area contributed by atoms with E-state index < -0.39 is 0 Å². The fourth-order valence-electron chi connectivity index (χ4n) is 3.15. The van der Waals surface area contributed by atoms with Crippen molar-refractivity contribution in [2.24, 2.45) is 0 Å². The Labute approximate surface area is 148 Å². The fourth-order valence-corrected chi connectivity index (χ4v) is 3.37. The van der Waals surface area contributed by atoms with E-state index in [1.54, 1.807) is 17.0 Å². The van der Waals surface area contributed by atoms with Crippen molar-refractivity contribution in [3.63, 3.8) is 0 Å². The number of piperidine rings is 1. The lowest BCUT2D eigenvalue weighted by molar-refractivity contribution is 0.0785. The fraction of sp³-hybridized carbons (Fsp3) is 0.350. The van der Waals surface area contributed by atoms with Gasteiger partial charge in [0.1, 0.15) is 0 Å². The van der Waals surface area contributed by atoms with Crippen LogP contribution in [0.25, 0.3) is 0 Å². The zero-order chi connectivity index (χ0) is 16.9. The predicted molar refractivity (Wildman–Crippen MR) is 99.8 cm³/mol. The topological polar surface area (TPSA) is 23.6 Å². The van der Waals surface area contributed by atoms with Crippen LogP contribution in [0, 0.1) is 0 Å². The molecule has 1 heterocycles. The molecule has 0 aliphatic carbocycles. The number of carbonyl (C=O) groups is 1. The Kier molecular flexibility index (Phi) is 5.41. The number of halogens is 1. The Bertz CT molecular complexity index is 693. The van der Waals surface area contributed by atoms with Crippen LogP contribution in [0.2, 0.25) is 5.02 Å². The maximum Gasteiger partial charge on any atom is 0.255 e. The SMILES string of the molecule is CN(Cc1ccc(N2CCCCC2)cc1)C(=O)c1ccccc1Cl. The van der Waals surface area contributed by atoms with E-state index in [1.165, 1.54) is 24.9 Å². The van der Waals surface area contributed by atoms with Crippen molar-refractivity contribution >= 4 is 23.2 Å². The normalized spacial score (nSPS) is 14.5. The molecule has 3 nitrogen and oxygen atoms in total. The van der Waals surface area contributed by atoms with Crippen LogP contribution >= 0.6 is 11.6 Å². The second-order valence-corrected chi connectivity index (χ2v) is 6.76. The van der Waals surface area contributed by atoms with Crippen LogP contribution in [0.3, 0.4) is 0 Å². The average Bonchev–Trinajstić information content (AvgIpc) is 2.63. The van der Waals surface area contributed by atoms with Gasteiger partial charge in [-0.2, -0.15) is 0 Å². The highest BCUT2D eigenvalue weighted by Crippen LogP contribution is 2.21. The van der Waals surface area contributed by atoms with Gasteiger partial charge in [0.15, 0.2) is 0 Å². The first-order valence-electron chi connectivity index (χ1n) is 8.49. The Morgan fingerprint density at radius 2 is 1.71 bits per heavy atom. The summed E-state index contributed by atoms with van der Waals surface area (Å²) in [5, 5.41) is 0.495. The van der Waals surface area contributed by atoms with Crippen LogP contribution in [0.15, 0.2) is 48.5 Å². The standard InChI is InChI=1S/C20H23ClN2O/c1-22(20(24)18-7-3-4-8-19(18)21)15-16-9-11-17(12-10-16)23-13-5-2-6-14-23/h3-4,7-12H,2,5-6,13-15H2,1H3. The zero-order valence-electron chi connectivity index (χ0n) is 14.0. The molecule has 3 rings (SSSR count). The molecule has 1 amide bonds. The van der Waals surface area contributed by atoms with Gasteiger partial charge in [0.05, 0.1) is 10.6 Å². The van der Waals surface area contributed by atoms with Crippen molar-refractivity contribution in [1.29, 1.82) is 0 Å². The second-order valence-electron chi connectivity index (χ2n) is 6.36. The molecule has 1 fully saturated rings. The van der Waals surface area contributed by atoms with Gasteiger partial charge in [-0.05, 0) is 49.1 Å². The Hall–Kier alpha value is -2.00. The van der Waals surface area contributed by atoms with E-state index in [1.807, 2.05) is 19.2 Å². The third-order valence-corrected chi connectivity index (χ3v) is 4.86. The van der Waals surface area contributed by atoms with Crippen LogP contribution < -0.4 is 4.90 Å². The number of hydrogen-bond donors (Lipinski definition) is 0. The molecule has 1 aliphatic rings. The third-order valence-electron chi connectivity index (χ3n) is 4.53. The van der Waals surface area contributed by atoms with Crippen LogP contribution in [0.1, 0.15) is 35.2 Å². The van der Waals surface area contributed by atoms with Gasteiger partial charge >= 0.3 is 0 Å². The van der Waals surface area contributed by atoms with Gasteiger partial charge in [-0.3, -0.25) is 4.79 Å². The molecule has 0 spiro atoms. The smallest absolute Gasteiger partial charge is 0.255 e. The van der Waals surface area contributed by atoms with Crippen molar-refractivity contribution in [2.75, 3.05) is 25.0 Å². The minimum atomic E-state index is -0.0549. The van der Waals surface area contributed by atoms with Crippen molar-refractivity contribution < 1.29 is 4.79 Å². The maximum absolute atomic E-state index is 12.5. The summed E-state index contributed by atoms with van der Waals surface area (Å²) in [6.45, 7) is 2.86. The average molecular weight is 343 g/mol. The van der Waals surface area contributed by atoms with Crippen molar-refractivity contribution in [3.05, 3.63) is 64.7 Å². The van der Waals surface area contributed by atoms with E-state index in [0.29, 0.717) is 17.1 Å². The summed E-state index contributed by atoms with van der Waals surface area (Å²) < 4.78 is 0. The highest BCUT2D eigenvalue weighted by Gasteiger charge is 2.15. The van der Waals surface area contributed by atoms with Crippen LogP contribution in [0.5, 0.6) is 0 Å². The lowest BCUT2D eigenvalue weighted by atomic mass is 10.1. The summed E-state index contributed by atoms with van der Waals surface area (Å²) in [6.07, 6.45) is 3.89. The van der Waals surface area contributed by atoms with Gasteiger partial charge in [-0.25, -0.2) is 0 Å². The van der Waals surface area contributed by atoms with Crippen molar-refractivity contribution in [2.45, 2.75) is 25.8 Å². The summed E-state index contributed by atoms with van der Waals surface area (Å²) in [6, 6.07) is 15.7. The first-order valence-corrected chi connectivity index (χ1v) is 8.87. The summed E-state index contributed by atoms with van der Waals surface area (Å²) in [4.78, 5) is 16.7. The molecule has 0 unspecified atom stereocenters. The van der Waals surface area contributed by atoms with Gasteiger partial charge in [0, 0.05) is 32.4 Å². The first-order chi connectivity index (χ1) is 11.6. The molecule has 2 aromatic rings. The van der Waals surface area contributed by atoms with E-state index in [2.05, 4.69) is 29.2 Å². The molecule has 24 heavy (non-hydrogen) atoms. The molecule has 0 N–H and O–H groups in total. The summed E-state index contributed by atoms with van der Waals surface area (Å²) in [5.74, 6) is -0.0549. The van der Waals surface area contributed by atoms with Gasteiger partial charge < -0.3 is 9.80 Å². The highest BCUT2D eigenvalue weighted by molar-refractivity contribution is 6.33. The molecule has 4 heteroatoms. The summed E-state index contributed by atoms with van der Waals surface area (Å²) in [7, 11) is 1.81. The quantitative estimate of drug-likeness (QED) is 0.810. The monoisotopic (exact) mass is 342 g/mol. The van der Waals surface area contributed by atoms with Crippen molar-refractivity contribution in [3.8, 4) is 0 Å². The molecule has 2 aromatic carbocycles. The number of anilines is 1. The zero-order valence-corrected chi connectivity index (χ0v) is 14.8. The largest absolute Gasteiger partial charge is 0.372 e. The molecule has 0 bridgehead atoms. The van der Waals surface area contributed by atoms with Crippen LogP contribution in [0.4, 0.5) is 5.69 Å². The maximum atomic E-state index is 12.5. The minimum Gasteiger partial charge on any atom is -0.372 e. The van der Waals surface area contributed by atoms with E-state index in [0.717, 1.165) is 18.7 Å². The highest BCUT2D eigenvalue weighted by atomic mass is 35.5. The molecular weight excluding hydrogens is 320 g/mol.